The molecule has 1 unspecified atom stereocenters. The second kappa shape index (κ2) is 5.84. The van der Waals surface area contributed by atoms with E-state index in [0.717, 1.165) is 0 Å². The van der Waals surface area contributed by atoms with Crippen LogP contribution in [0.2, 0.25) is 0 Å². The topological polar surface area (TPSA) is 87.3 Å². The van der Waals surface area contributed by atoms with E-state index in [2.05, 4.69) is 16.0 Å². The van der Waals surface area contributed by atoms with E-state index in [0.29, 0.717) is 19.4 Å². The molecule has 6 nitrogen and oxygen atoms in total. The van der Waals surface area contributed by atoms with E-state index in [1.54, 1.807) is 20.8 Å². The Labute approximate surface area is 107 Å². The van der Waals surface area contributed by atoms with Gasteiger partial charge in [-0.1, -0.05) is 20.8 Å². The summed E-state index contributed by atoms with van der Waals surface area (Å²) in [6, 6.07) is -0.0401. The van der Waals surface area contributed by atoms with Crippen molar-refractivity contribution in [3.05, 3.63) is 0 Å². The molecule has 18 heavy (non-hydrogen) atoms. The summed E-state index contributed by atoms with van der Waals surface area (Å²) in [4.78, 5) is 34.1. The van der Waals surface area contributed by atoms with Gasteiger partial charge in [0.25, 0.3) is 0 Å². The predicted molar refractivity (Wildman–Crippen MR) is 66.6 cm³/mol. The van der Waals surface area contributed by atoms with Crippen molar-refractivity contribution < 1.29 is 14.4 Å². The number of rotatable bonds is 3. The second-order valence-corrected chi connectivity index (χ2v) is 5.54. The average Bonchev–Trinajstić information content (AvgIpc) is 2.28. The summed E-state index contributed by atoms with van der Waals surface area (Å²) in [6.45, 7) is 5.79. The van der Waals surface area contributed by atoms with Crippen molar-refractivity contribution in [1.82, 2.24) is 16.0 Å². The van der Waals surface area contributed by atoms with Crippen molar-refractivity contribution in [2.45, 2.75) is 39.7 Å². The van der Waals surface area contributed by atoms with Gasteiger partial charge in [0.1, 0.15) is 0 Å². The SMILES string of the molecule is CC(C)(C)C(=O)NCC(=O)NC1CCC(=O)NC1. The lowest BCUT2D eigenvalue weighted by Crippen LogP contribution is -2.50. The van der Waals surface area contributed by atoms with E-state index < -0.39 is 5.41 Å². The van der Waals surface area contributed by atoms with Crippen LogP contribution in [0, 0.1) is 5.41 Å². The lowest BCUT2D eigenvalue weighted by molar-refractivity contribution is -0.131. The summed E-state index contributed by atoms with van der Waals surface area (Å²) in [5, 5.41) is 8.05. The molecule has 1 heterocycles. The zero-order chi connectivity index (χ0) is 13.8. The van der Waals surface area contributed by atoms with Gasteiger partial charge in [0.2, 0.25) is 17.7 Å². The molecule has 1 fully saturated rings. The third-order valence-electron chi connectivity index (χ3n) is 2.72. The predicted octanol–water partition coefficient (Wildman–Crippen LogP) is -0.456. The van der Waals surface area contributed by atoms with Gasteiger partial charge in [0.15, 0.2) is 0 Å². The molecule has 0 saturated carbocycles. The quantitative estimate of drug-likeness (QED) is 0.638. The Hall–Kier alpha value is -1.59. The van der Waals surface area contributed by atoms with Gasteiger partial charge in [-0.2, -0.15) is 0 Å². The van der Waals surface area contributed by atoms with Gasteiger partial charge in [0, 0.05) is 24.4 Å². The molecular weight excluding hydrogens is 234 g/mol. The fourth-order valence-electron chi connectivity index (χ4n) is 1.56. The normalized spacial score (nSPS) is 19.9. The third-order valence-corrected chi connectivity index (χ3v) is 2.72. The molecule has 6 heteroatoms. The van der Waals surface area contributed by atoms with Crippen molar-refractivity contribution in [2.24, 2.45) is 5.41 Å². The van der Waals surface area contributed by atoms with Gasteiger partial charge in [-0.3, -0.25) is 14.4 Å². The van der Waals surface area contributed by atoms with Crippen LogP contribution in [0.25, 0.3) is 0 Å². The Morgan fingerprint density at radius 1 is 1.39 bits per heavy atom. The number of piperidine rings is 1. The van der Waals surface area contributed by atoms with E-state index in [4.69, 9.17) is 0 Å². The number of hydrogen-bond donors (Lipinski definition) is 3. The number of nitrogens with one attached hydrogen (secondary N) is 3. The molecule has 1 saturated heterocycles. The fraction of sp³-hybridized carbons (Fsp3) is 0.750. The highest BCUT2D eigenvalue weighted by molar-refractivity contribution is 5.87. The molecule has 1 atom stereocenters. The van der Waals surface area contributed by atoms with E-state index in [-0.39, 0.29) is 30.3 Å². The monoisotopic (exact) mass is 255 g/mol. The average molecular weight is 255 g/mol. The molecule has 3 amide bonds. The van der Waals surface area contributed by atoms with Crippen molar-refractivity contribution in [3.8, 4) is 0 Å². The first-order valence-corrected chi connectivity index (χ1v) is 6.13. The number of carbonyl (C=O) groups excluding carboxylic acids is 3. The Morgan fingerprint density at radius 2 is 2.06 bits per heavy atom. The summed E-state index contributed by atoms with van der Waals surface area (Å²) >= 11 is 0. The lowest BCUT2D eigenvalue weighted by atomic mass is 9.96. The fourth-order valence-corrected chi connectivity index (χ4v) is 1.56. The van der Waals surface area contributed by atoms with Gasteiger partial charge in [-0.05, 0) is 6.42 Å². The van der Waals surface area contributed by atoms with Crippen molar-refractivity contribution in [1.29, 1.82) is 0 Å². The maximum Gasteiger partial charge on any atom is 0.239 e. The maximum absolute atomic E-state index is 11.6. The molecule has 0 aromatic carbocycles. The van der Waals surface area contributed by atoms with Crippen LogP contribution in [0.1, 0.15) is 33.6 Å². The van der Waals surface area contributed by atoms with E-state index >= 15 is 0 Å². The second-order valence-electron chi connectivity index (χ2n) is 5.54. The van der Waals surface area contributed by atoms with E-state index in [9.17, 15) is 14.4 Å². The van der Waals surface area contributed by atoms with Crippen molar-refractivity contribution >= 4 is 17.7 Å². The van der Waals surface area contributed by atoms with Crippen molar-refractivity contribution in [2.75, 3.05) is 13.1 Å². The summed E-state index contributed by atoms with van der Waals surface area (Å²) in [5.74, 6) is -0.370. The summed E-state index contributed by atoms with van der Waals surface area (Å²) in [7, 11) is 0. The third kappa shape index (κ3) is 4.73. The molecule has 0 spiro atoms. The maximum atomic E-state index is 11.6. The highest BCUT2D eigenvalue weighted by Gasteiger charge is 2.23. The van der Waals surface area contributed by atoms with Crippen molar-refractivity contribution in [3.63, 3.8) is 0 Å². The molecule has 3 N–H and O–H groups in total. The first kappa shape index (κ1) is 14.5. The molecule has 1 aliphatic rings. The molecule has 0 aromatic rings. The summed E-state index contributed by atoms with van der Waals surface area (Å²) in [6.07, 6.45) is 1.07. The minimum atomic E-state index is -0.501. The van der Waals surface area contributed by atoms with Gasteiger partial charge in [-0.25, -0.2) is 0 Å². The Balaban J connectivity index is 2.26. The molecular formula is C12H21N3O3. The number of hydrogen-bond acceptors (Lipinski definition) is 3. The lowest BCUT2D eigenvalue weighted by Gasteiger charge is -2.24. The molecule has 1 rings (SSSR count). The zero-order valence-corrected chi connectivity index (χ0v) is 11.1. The number of carbonyl (C=O) groups is 3. The van der Waals surface area contributed by atoms with E-state index in [1.165, 1.54) is 0 Å². The summed E-state index contributed by atoms with van der Waals surface area (Å²) < 4.78 is 0. The van der Waals surface area contributed by atoms with Crippen LogP contribution in [0.3, 0.4) is 0 Å². The van der Waals surface area contributed by atoms with Crippen LogP contribution < -0.4 is 16.0 Å². The first-order chi connectivity index (χ1) is 8.29. The summed E-state index contributed by atoms with van der Waals surface area (Å²) in [5.41, 5.74) is -0.501. The molecule has 102 valence electrons. The Kier molecular flexibility index (Phi) is 4.69. The highest BCUT2D eigenvalue weighted by Crippen LogP contribution is 2.11. The Bertz CT molecular complexity index is 337. The van der Waals surface area contributed by atoms with E-state index in [1.807, 2.05) is 0 Å². The minimum absolute atomic E-state index is 0.0153. The zero-order valence-electron chi connectivity index (χ0n) is 11.1. The van der Waals surface area contributed by atoms with Gasteiger partial charge < -0.3 is 16.0 Å². The molecule has 0 aromatic heterocycles. The van der Waals surface area contributed by atoms with Crippen LogP contribution in [0.15, 0.2) is 0 Å². The first-order valence-electron chi connectivity index (χ1n) is 6.13. The molecule has 0 radical (unpaired) electrons. The van der Waals surface area contributed by atoms with Crippen LogP contribution in [-0.2, 0) is 14.4 Å². The Morgan fingerprint density at radius 3 is 2.56 bits per heavy atom. The van der Waals surface area contributed by atoms with Crippen LogP contribution in [-0.4, -0.2) is 36.9 Å². The largest absolute Gasteiger partial charge is 0.354 e. The van der Waals surface area contributed by atoms with Gasteiger partial charge >= 0.3 is 0 Å². The van der Waals surface area contributed by atoms with Crippen LogP contribution in [0.4, 0.5) is 0 Å². The molecule has 0 bridgehead atoms. The van der Waals surface area contributed by atoms with Crippen LogP contribution in [0.5, 0.6) is 0 Å². The molecule has 1 aliphatic heterocycles. The van der Waals surface area contributed by atoms with Gasteiger partial charge in [-0.15, -0.1) is 0 Å². The standard InChI is InChI=1S/C12H21N3O3/c1-12(2,3)11(18)14-7-10(17)15-8-4-5-9(16)13-6-8/h8H,4-7H2,1-3H3,(H,13,16)(H,14,18)(H,15,17). The van der Waals surface area contributed by atoms with Gasteiger partial charge in [0.05, 0.1) is 6.54 Å². The molecule has 0 aliphatic carbocycles. The smallest absolute Gasteiger partial charge is 0.239 e. The highest BCUT2D eigenvalue weighted by atomic mass is 16.2. The van der Waals surface area contributed by atoms with Crippen LogP contribution >= 0.6 is 0 Å². The number of amides is 3. The minimum Gasteiger partial charge on any atom is -0.354 e.